The van der Waals surface area contributed by atoms with Gasteiger partial charge in [-0.1, -0.05) is 152 Å². The molecule has 0 aliphatic carbocycles. The molecule has 0 saturated heterocycles. The average molecular weight is 755 g/mol. The summed E-state index contributed by atoms with van der Waals surface area (Å²) < 4.78 is 5.95. The molecule has 0 aromatic rings. The second-order valence-corrected chi connectivity index (χ2v) is 14.7. The van der Waals surface area contributed by atoms with E-state index in [1.54, 1.807) is 0 Å². The van der Waals surface area contributed by atoms with E-state index in [1.807, 2.05) is 0 Å². The molecule has 0 spiro atoms. The zero-order valence-corrected chi connectivity index (χ0v) is 34.8. The van der Waals surface area contributed by atoms with Gasteiger partial charge in [-0.25, -0.2) is 4.79 Å². The molecule has 0 aromatic heterocycles. The van der Waals surface area contributed by atoms with E-state index in [4.69, 9.17) is 10.5 Å². The van der Waals surface area contributed by atoms with Crippen molar-refractivity contribution >= 4 is 17.8 Å². The van der Waals surface area contributed by atoms with Crippen molar-refractivity contribution in [1.29, 1.82) is 0 Å². The first-order chi connectivity index (χ1) is 26.4. The molecule has 4 N–H and O–H groups in total. The molecule has 0 saturated carbocycles. The van der Waals surface area contributed by atoms with Crippen molar-refractivity contribution in [3.05, 3.63) is 60.8 Å². The highest BCUT2D eigenvalue weighted by molar-refractivity contribution is 5.83. The van der Waals surface area contributed by atoms with Gasteiger partial charge in [-0.15, -0.1) is 0 Å². The average Bonchev–Trinajstić information content (AvgIpc) is 3.16. The van der Waals surface area contributed by atoms with Crippen molar-refractivity contribution in [2.75, 3.05) is 6.54 Å². The summed E-state index contributed by atoms with van der Waals surface area (Å²) in [6.07, 6.45) is 51.4. The number of aliphatic carboxylic acids is 1. The molecular weight excluding hydrogens is 673 g/mol. The zero-order chi connectivity index (χ0) is 39.6. The van der Waals surface area contributed by atoms with Crippen LogP contribution in [0.2, 0.25) is 0 Å². The lowest BCUT2D eigenvalue weighted by Crippen LogP contribution is -2.40. The molecule has 0 heterocycles. The fourth-order valence-electron chi connectivity index (χ4n) is 6.23. The first-order valence-corrected chi connectivity index (χ1v) is 22.1. The molecule has 2 atom stereocenters. The first kappa shape index (κ1) is 51.1. The number of hydrogen-bond acceptors (Lipinski definition) is 5. The summed E-state index contributed by atoms with van der Waals surface area (Å²) >= 11 is 0. The molecule has 310 valence electrons. The Labute approximate surface area is 331 Å². The van der Waals surface area contributed by atoms with Gasteiger partial charge in [-0.05, 0) is 103 Å². The molecule has 7 nitrogen and oxygen atoms in total. The quantitative estimate of drug-likeness (QED) is 0.0327. The van der Waals surface area contributed by atoms with Crippen LogP contribution in [0, 0.1) is 0 Å². The summed E-state index contributed by atoms with van der Waals surface area (Å²) in [6, 6.07) is -0.856. The van der Waals surface area contributed by atoms with Crippen LogP contribution in [0.3, 0.4) is 0 Å². The van der Waals surface area contributed by atoms with Gasteiger partial charge < -0.3 is 20.9 Å². The van der Waals surface area contributed by atoms with Gasteiger partial charge in [-0.3, -0.25) is 9.59 Å². The van der Waals surface area contributed by atoms with E-state index in [0.717, 1.165) is 96.3 Å². The molecule has 2 unspecified atom stereocenters. The highest BCUT2D eigenvalue weighted by Crippen LogP contribution is 2.16. The van der Waals surface area contributed by atoms with Crippen molar-refractivity contribution in [2.24, 2.45) is 5.73 Å². The van der Waals surface area contributed by atoms with E-state index >= 15 is 0 Å². The Morgan fingerprint density at radius 2 is 1.07 bits per heavy atom. The van der Waals surface area contributed by atoms with Crippen LogP contribution in [0.5, 0.6) is 0 Å². The monoisotopic (exact) mass is 755 g/mol. The highest BCUT2D eigenvalue weighted by Gasteiger charge is 2.18. The maximum absolute atomic E-state index is 12.7. The molecule has 0 rings (SSSR count). The number of esters is 1. The fraction of sp³-hybridized carbons (Fsp3) is 0.723. The smallest absolute Gasteiger partial charge is 0.326 e. The molecule has 0 aromatic carbocycles. The number of unbranched alkanes of at least 4 members (excludes halogenated alkanes) is 17. The molecular formula is C47H82N2O5. The van der Waals surface area contributed by atoms with Crippen LogP contribution in [0.25, 0.3) is 0 Å². The van der Waals surface area contributed by atoms with Crippen molar-refractivity contribution in [1.82, 2.24) is 5.32 Å². The third-order valence-corrected chi connectivity index (χ3v) is 9.55. The second-order valence-electron chi connectivity index (χ2n) is 14.7. The number of ether oxygens (including phenoxy) is 1. The lowest BCUT2D eigenvalue weighted by atomic mass is 10.0. The van der Waals surface area contributed by atoms with Crippen LogP contribution in [-0.2, 0) is 19.1 Å². The molecule has 54 heavy (non-hydrogen) atoms. The van der Waals surface area contributed by atoms with Gasteiger partial charge in [0.15, 0.2) is 0 Å². The van der Waals surface area contributed by atoms with Gasteiger partial charge >= 0.3 is 11.9 Å². The van der Waals surface area contributed by atoms with Crippen molar-refractivity contribution in [3.63, 3.8) is 0 Å². The Hall–Kier alpha value is -2.93. The van der Waals surface area contributed by atoms with Gasteiger partial charge in [-0.2, -0.15) is 0 Å². The van der Waals surface area contributed by atoms with Gasteiger partial charge in [0.2, 0.25) is 5.91 Å². The standard InChI is InChI=1S/C47H82N2O5/c1-3-5-7-9-11-13-14-15-16-17-18-19-20-21-22-23-25-31-35-41-46(51)54-43(37-32-28-24-12-10-8-6-4-2)38-33-29-26-27-30-34-40-45(50)49-44(47(52)53)39-36-42-48/h5,7,11,13,15-16,18-19,32,37,43-44H,3-4,6,8-10,12,14,17,20-31,33-36,38-42,48H2,1-2H3,(H,49,50)(H,52,53)/b7-5-,13-11-,16-15-,19-18-,37-32-. The molecule has 0 aliphatic rings. The number of carbonyl (C=O) groups is 3. The van der Waals surface area contributed by atoms with Crippen LogP contribution in [0.4, 0.5) is 0 Å². The van der Waals surface area contributed by atoms with Gasteiger partial charge in [0.05, 0.1) is 0 Å². The molecule has 0 radical (unpaired) electrons. The summed E-state index contributed by atoms with van der Waals surface area (Å²) in [7, 11) is 0. The number of nitrogens with two attached hydrogens (primary N) is 1. The number of carboxylic acids is 1. The summed E-state index contributed by atoms with van der Waals surface area (Å²) in [6.45, 7) is 4.81. The van der Waals surface area contributed by atoms with Crippen molar-refractivity contribution < 1.29 is 24.2 Å². The predicted molar refractivity (Wildman–Crippen MR) is 229 cm³/mol. The van der Waals surface area contributed by atoms with Crippen molar-refractivity contribution in [3.8, 4) is 0 Å². The van der Waals surface area contributed by atoms with E-state index in [1.165, 1.54) is 64.2 Å². The summed E-state index contributed by atoms with van der Waals surface area (Å²) in [5.41, 5.74) is 5.47. The second kappa shape index (κ2) is 41.2. The minimum atomic E-state index is -1.01. The lowest BCUT2D eigenvalue weighted by Gasteiger charge is -2.15. The van der Waals surface area contributed by atoms with Crippen LogP contribution in [0.1, 0.15) is 200 Å². The molecule has 0 bridgehead atoms. The SMILES string of the molecule is CC/C=C\C/C=C\C/C=C\C/C=C\CCCCCCCCC(=O)OC(/C=C\CCCCCCCC)CCCCCCCCC(=O)NC(CCCN)C(=O)O. The zero-order valence-electron chi connectivity index (χ0n) is 34.8. The Morgan fingerprint density at radius 1 is 0.574 bits per heavy atom. The number of allylic oxidation sites excluding steroid dienone is 9. The number of hydrogen-bond donors (Lipinski definition) is 3. The Kier molecular flexibility index (Phi) is 39.0. The van der Waals surface area contributed by atoms with Crippen LogP contribution < -0.4 is 11.1 Å². The fourth-order valence-corrected chi connectivity index (χ4v) is 6.23. The largest absolute Gasteiger partial charge is 0.480 e. The van der Waals surface area contributed by atoms with E-state index in [2.05, 4.69) is 79.9 Å². The molecule has 0 fully saturated rings. The molecule has 0 aliphatic heterocycles. The molecule has 7 heteroatoms. The normalized spacial score (nSPS) is 13.2. The van der Waals surface area contributed by atoms with Crippen LogP contribution in [0.15, 0.2) is 60.8 Å². The predicted octanol–water partition coefficient (Wildman–Crippen LogP) is 12.6. The maximum atomic E-state index is 12.7. The Bertz CT molecular complexity index is 1030. The van der Waals surface area contributed by atoms with E-state index in [0.29, 0.717) is 32.2 Å². The van der Waals surface area contributed by atoms with E-state index in [9.17, 15) is 19.5 Å². The topological polar surface area (TPSA) is 119 Å². The van der Waals surface area contributed by atoms with Crippen LogP contribution >= 0.6 is 0 Å². The number of carboxylic acid groups (broad SMARTS) is 1. The highest BCUT2D eigenvalue weighted by atomic mass is 16.5. The van der Waals surface area contributed by atoms with Crippen LogP contribution in [-0.4, -0.2) is 41.6 Å². The first-order valence-electron chi connectivity index (χ1n) is 22.1. The summed E-state index contributed by atoms with van der Waals surface area (Å²) in [5.74, 6) is -1.28. The van der Waals surface area contributed by atoms with Crippen molar-refractivity contribution in [2.45, 2.75) is 212 Å². The van der Waals surface area contributed by atoms with E-state index in [-0.39, 0.29) is 18.0 Å². The summed E-state index contributed by atoms with van der Waals surface area (Å²) in [4.78, 5) is 36.2. The Morgan fingerprint density at radius 3 is 1.65 bits per heavy atom. The number of amides is 1. The van der Waals surface area contributed by atoms with Gasteiger partial charge in [0.1, 0.15) is 12.1 Å². The Balaban J connectivity index is 4.24. The molecule has 1 amide bonds. The number of nitrogens with one attached hydrogen (secondary N) is 1. The number of rotatable bonds is 39. The summed E-state index contributed by atoms with van der Waals surface area (Å²) in [5, 5.41) is 11.9. The third-order valence-electron chi connectivity index (χ3n) is 9.55. The maximum Gasteiger partial charge on any atom is 0.326 e. The van der Waals surface area contributed by atoms with E-state index < -0.39 is 12.0 Å². The minimum absolute atomic E-state index is 0.0741. The lowest BCUT2D eigenvalue weighted by molar-refractivity contribution is -0.147. The van der Waals surface area contributed by atoms with Gasteiger partial charge in [0, 0.05) is 12.8 Å². The number of carbonyl (C=O) groups excluding carboxylic acids is 2. The van der Waals surface area contributed by atoms with Gasteiger partial charge in [0.25, 0.3) is 0 Å². The minimum Gasteiger partial charge on any atom is -0.480 e. The third kappa shape index (κ3) is 37.4.